The van der Waals surface area contributed by atoms with Crippen molar-refractivity contribution in [3.63, 3.8) is 0 Å². The number of carbonyl (C=O) groups excluding carboxylic acids is 7. The number of halogens is 1. The molecule has 5 aliphatic rings. The third kappa shape index (κ3) is 13.2. The number of rotatable bonds is 10. The zero-order valence-electron chi connectivity index (χ0n) is 38.7. The molecule has 3 heterocycles. The fourth-order valence-electron chi connectivity index (χ4n) is 8.57. The molecule has 4 N–H and O–H groups in total. The minimum absolute atomic E-state index is 0.0586. The Balaban J connectivity index is 1.28. The lowest BCUT2D eigenvalue weighted by Gasteiger charge is -2.31. The summed E-state index contributed by atoms with van der Waals surface area (Å²) in [4.78, 5) is 99.6. The van der Waals surface area contributed by atoms with Gasteiger partial charge in [-0.3, -0.25) is 33.6 Å². The fraction of sp³-hybridized carbons (Fsp3) is 0.674. The smallest absolute Gasteiger partial charge is 0.410 e. The predicted molar refractivity (Wildman–Crippen MR) is 237 cm³/mol. The second-order valence-corrected chi connectivity index (χ2v) is 22.0. The molecule has 1 saturated heterocycles. The molecule has 2 saturated carbocycles. The van der Waals surface area contributed by atoms with E-state index >= 15 is 0 Å². The zero-order valence-corrected chi connectivity index (χ0v) is 39.6. The van der Waals surface area contributed by atoms with Crippen LogP contribution in [0.1, 0.15) is 136 Å². The summed E-state index contributed by atoms with van der Waals surface area (Å²) in [5, 5.41) is 7.38. The van der Waals surface area contributed by atoms with E-state index in [1.807, 2.05) is 6.08 Å². The number of esters is 1. The van der Waals surface area contributed by atoms with Gasteiger partial charge in [-0.1, -0.05) is 50.0 Å². The van der Waals surface area contributed by atoms with Crippen LogP contribution in [0.15, 0.2) is 30.4 Å². The molecule has 364 valence electrons. The van der Waals surface area contributed by atoms with Crippen LogP contribution >= 0.6 is 0 Å². The van der Waals surface area contributed by atoms with Gasteiger partial charge in [0, 0.05) is 30.9 Å². The van der Waals surface area contributed by atoms with Crippen LogP contribution in [0, 0.1) is 11.7 Å². The van der Waals surface area contributed by atoms with E-state index < -0.39 is 110 Å². The molecule has 0 bridgehead atoms. The molecule has 1 aromatic rings. The molecule has 20 heteroatoms. The highest BCUT2D eigenvalue weighted by Crippen LogP contribution is 2.46. The Morgan fingerprint density at radius 2 is 1.64 bits per heavy atom. The minimum atomic E-state index is -4.00. The Bertz CT molecular complexity index is 2190. The van der Waals surface area contributed by atoms with Gasteiger partial charge in [-0.05, 0) is 98.1 Å². The Morgan fingerprint density at radius 1 is 0.939 bits per heavy atom. The van der Waals surface area contributed by atoms with Gasteiger partial charge in [0.1, 0.15) is 46.8 Å². The summed E-state index contributed by atoms with van der Waals surface area (Å²) in [5.41, 5.74) is -2.45. The number of nitrogens with one attached hydrogen (secondary N) is 4. The Kier molecular flexibility index (Phi) is 15.4. The van der Waals surface area contributed by atoms with Crippen molar-refractivity contribution in [2.24, 2.45) is 5.92 Å². The monoisotopic (exact) mass is 944 g/mol. The number of amides is 6. The number of allylic oxidation sites excluding steroid dienone is 1. The first kappa shape index (κ1) is 50.1. The highest BCUT2D eigenvalue weighted by atomic mass is 32.2. The van der Waals surface area contributed by atoms with Crippen LogP contribution < -0.4 is 20.7 Å². The fourth-order valence-corrected chi connectivity index (χ4v) is 9.94. The van der Waals surface area contributed by atoms with E-state index in [2.05, 4.69) is 20.7 Å². The van der Waals surface area contributed by atoms with Gasteiger partial charge in [0.25, 0.3) is 5.91 Å². The molecule has 3 aliphatic heterocycles. The molecule has 0 radical (unpaired) electrons. The number of fused-ring (bicyclic) bond motifs is 3. The lowest BCUT2D eigenvalue weighted by atomic mass is 10.0. The Labute approximate surface area is 385 Å². The number of benzene rings is 1. The normalized spacial score (nSPS) is 26.0. The van der Waals surface area contributed by atoms with Crippen LogP contribution in [0.2, 0.25) is 0 Å². The van der Waals surface area contributed by atoms with Gasteiger partial charge in [-0.25, -0.2) is 22.4 Å². The SMILES string of the molecule is CC(C)(C)OC(=O)CC[C@H](NC(=O)OC(C)(C)C)C(=O)N[C@H]1CCCCCCC/C=C\[C@@H]2C[C@@]2(C(=O)NS(=O)(=O)C2CC2)NC(=O)[C@@H]2C[C@@H](OC(=O)N3Cc4cccc(F)c4C3)CN2C1=O. The van der Waals surface area contributed by atoms with Crippen molar-refractivity contribution in [2.45, 2.75) is 184 Å². The average molecular weight is 945 g/mol. The number of hydrogen-bond acceptors (Lipinski definition) is 12. The summed E-state index contributed by atoms with van der Waals surface area (Å²) in [5.74, 6) is -4.87. The van der Waals surface area contributed by atoms with Gasteiger partial charge in [0.05, 0.1) is 18.3 Å². The van der Waals surface area contributed by atoms with Crippen LogP contribution in [-0.2, 0) is 61.3 Å². The summed E-state index contributed by atoms with van der Waals surface area (Å²) < 4.78 is 59.5. The predicted octanol–water partition coefficient (Wildman–Crippen LogP) is 4.53. The van der Waals surface area contributed by atoms with Crippen molar-refractivity contribution in [3.8, 4) is 0 Å². The van der Waals surface area contributed by atoms with Gasteiger partial charge in [0.2, 0.25) is 27.7 Å². The summed E-state index contributed by atoms with van der Waals surface area (Å²) in [7, 11) is -4.00. The molecule has 6 amide bonds. The second kappa shape index (κ2) is 20.3. The first-order valence-corrected chi connectivity index (χ1v) is 24.6. The van der Waals surface area contributed by atoms with Crippen molar-refractivity contribution in [3.05, 3.63) is 47.3 Å². The molecule has 66 heavy (non-hydrogen) atoms. The Morgan fingerprint density at radius 3 is 2.32 bits per heavy atom. The van der Waals surface area contributed by atoms with Crippen LogP contribution in [0.3, 0.4) is 0 Å². The minimum Gasteiger partial charge on any atom is -0.460 e. The molecular weight excluding hydrogens is 880 g/mol. The van der Waals surface area contributed by atoms with E-state index in [0.29, 0.717) is 43.2 Å². The summed E-state index contributed by atoms with van der Waals surface area (Å²) in [6, 6.07) is 0.525. The van der Waals surface area contributed by atoms with E-state index in [0.717, 1.165) is 19.3 Å². The molecule has 0 unspecified atom stereocenters. The quantitative estimate of drug-likeness (QED) is 0.144. The standard InChI is InChI=1S/C46H65FN6O12S/c1-44(2,3)64-37(54)22-21-34(49-42(59)65-45(4,5)6)38(55)48-35-18-13-11-9-7-8-10-12-16-29-24-46(29,41(58)51-66(61,62)31-19-20-31)50-39(56)36-23-30(26-53(36)40(35)57)63-43(60)52-25-28-15-14-17-33(47)32(28)27-52/h12,14-17,29-31,34-36H,7-11,13,18-27H2,1-6H3,(H,48,55)(H,49,59)(H,50,56)(H,51,58)/b16-12-/t29-,30-,34+,35+,36+,46-/m1/s1. The van der Waals surface area contributed by atoms with Gasteiger partial charge in [0.15, 0.2) is 0 Å². The zero-order chi connectivity index (χ0) is 48.2. The number of nitrogens with zero attached hydrogens (tertiary/aromatic N) is 2. The van der Waals surface area contributed by atoms with Gasteiger partial charge in [-0.2, -0.15) is 0 Å². The van der Waals surface area contributed by atoms with E-state index in [4.69, 9.17) is 14.2 Å². The Hall–Kier alpha value is -5.27. The van der Waals surface area contributed by atoms with Crippen molar-refractivity contribution in [2.75, 3.05) is 6.54 Å². The maximum absolute atomic E-state index is 14.9. The highest BCUT2D eigenvalue weighted by molar-refractivity contribution is 7.91. The highest BCUT2D eigenvalue weighted by Gasteiger charge is 2.62. The lowest BCUT2D eigenvalue weighted by molar-refractivity contribution is -0.155. The summed E-state index contributed by atoms with van der Waals surface area (Å²) in [6.45, 7) is 9.70. The maximum atomic E-state index is 14.9. The molecule has 6 rings (SSSR count). The van der Waals surface area contributed by atoms with Crippen LogP contribution in [0.4, 0.5) is 14.0 Å². The van der Waals surface area contributed by atoms with Crippen molar-refractivity contribution in [1.29, 1.82) is 0 Å². The molecule has 6 atom stereocenters. The first-order valence-electron chi connectivity index (χ1n) is 23.0. The van der Waals surface area contributed by atoms with Gasteiger partial charge in [-0.15, -0.1) is 0 Å². The molecule has 0 aromatic heterocycles. The van der Waals surface area contributed by atoms with Crippen LogP contribution in [0.5, 0.6) is 0 Å². The molecule has 0 spiro atoms. The third-order valence-corrected chi connectivity index (χ3v) is 14.0. The van der Waals surface area contributed by atoms with E-state index in [1.54, 1.807) is 59.8 Å². The largest absolute Gasteiger partial charge is 0.460 e. The molecule has 2 aliphatic carbocycles. The van der Waals surface area contributed by atoms with Gasteiger partial charge >= 0.3 is 18.2 Å². The molecule has 1 aromatic carbocycles. The van der Waals surface area contributed by atoms with Crippen molar-refractivity contribution < 1.29 is 60.6 Å². The maximum Gasteiger partial charge on any atom is 0.410 e. The molecule has 18 nitrogen and oxygen atoms in total. The average Bonchev–Trinajstić information content (AvgIpc) is 4.10. The first-order chi connectivity index (χ1) is 30.9. The summed E-state index contributed by atoms with van der Waals surface area (Å²) >= 11 is 0. The molecule has 3 fully saturated rings. The third-order valence-electron chi connectivity index (χ3n) is 12.2. The van der Waals surface area contributed by atoms with Gasteiger partial charge < -0.3 is 35.1 Å². The summed E-state index contributed by atoms with van der Waals surface area (Å²) in [6.07, 6.45) is 5.49. The number of sulfonamides is 1. The number of alkyl carbamates (subject to hydrolysis) is 1. The van der Waals surface area contributed by atoms with Crippen LogP contribution in [-0.4, -0.2) is 113 Å². The van der Waals surface area contributed by atoms with E-state index in [-0.39, 0.29) is 51.7 Å². The van der Waals surface area contributed by atoms with Crippen molar-refractivity contribution >= 4 is 51.8 Å². The second-order valence-electron chi connectivity index (χ2n) is 20.1. The van der Waals surface area contributed by atoms with Crippen LogP contribution in [0.25, 0.3) is 0 Å². The number of hydrogen-bond donors (Lipinski definition) is 4. The number of carbonyl (C=O) groups is 7. The topological polar surface area (TPSA) is 236 Å². The lowest BCUT2D eigenvalue weighted by Crippen LogP contribution is -2.59. The van der Waals surface area contributed by atoms with E-state index in [1.165, 1.54) is 15.9 Å². The number of ether oxygens (including phenoxy) is 3. The van der Waals surface area contributed by atoms with Crippen molar-refractivity contribution in [1.82, 2.24) is 30.5 Å². The van der Waals surface area contributed by atoms with E-state index in [9.17, 15) is 46.4 Å². The molecular formula is C46H65FN6O12S.